The highest BCUT2D eigenvalue weighted by atomic mass is 19.4. The molecule has 0 spiro atoms. The molecule has 1 aliphatic carbocycles. The molecule has 0 fully saturated rings. The number of alkyl halides is 4. The normalized spacial score (nSPS) is 17.7. The summed E-state index contributed by atoms with van der Waals surface area (Å²) >= 11 is 0. The number of allylic oxidation sites excluding steroid dienone is 4. The number of benzene rings is 2. The molecule has 0 bridgehead atoms. The molecule has 0 aromatic heterocycles. The first-order valence-corrected chi connectivity index (χ1v) is 7.85. The summed E-state index contributed by atoms with van der Waals surface area (Å²) in [7, 11) is 0. The molecule has 1 atom stereocenters. The summed E-state index contributed by atoms with van der Waals surface area (Å²) in [6.07, 6.45) is -3.79. The lowest BCUT2D eigenvalue weighted by Gasteiger charge is -2.20. The molecule has 0 heterocycles. The van der Waals surface area contributed by atoms with Crippen molar-refractivity contribution >= 4 is 11.1 Å². The van der Waals surface area contributed by atoms with Gasteiger partial charge in [-0.1, -0.05) is 42.0 Å². The van der Waals surface area contributed by atoms with Crippen LogP contribution >= 0.6 is 0 Å². The van der Waals surface area contributed by atoms with Gasteiger partial charge in [0.1, 0.15) is 23.4 Å². The van der Waals surface area contributed by atoms with E-state index < -0.39 is 29.5 Å². The molecule has 2 aromatic carbocycles. The molecule has 0 saturated heterocycles. The highest BCUT2D eigenvalue weighted by Gasteiger charge is 2.38. The topological polar surface area (TPSA) is 0 Å². The fourth-order valence-corrected chi connectivity index (χ4v) is 2.94. The van der Waals surface area contributed by atoms with Crippen molar-refractivity contribution in [2.45, 2.75) is 25.7 Å². The number of rotatable bonds is 2. The van der Waals surface area contributed by atoms with E-state index in [1.807, 2.05) is 31.2 Å². The van der Waals surface area contributed by atoms with Crippen LogP contribution in [0.5, 0.6) is 0 Å². The average Bonchev–Trinajstić information content (AvgIpc) is 2.53. The monoisotopic (exact) mass is 368 g/mol. The molecule has 0 aliphatic heterocycles. The van der Waals surface area contributed by atoms with Crippen LogP contribution in [-0.4, -0.2) is 6.17 Å². The minimum Gasteiger partial charge on any atom is -0.242 e. The number of hydrogen-bond acceptors (Lipinski definition) is 0. The van der Waals surface area contributed by atoms with Crippen LogP contribution in [0.3, 0.4) is 0 Å². The van der Waals surface area contributed by atoms with Crippen LogP contribution in [0.25, 0.3) is 11.1 Å². The molecular weight excluding hydrogens is 354 g/mol. The zero-order valence-electron chi connectivity index (χ0n) is 13.7. The largest absolute Gasteiger partial charge is 0.422 e. The van der Waals surface area contributed by atoms with Gasteiger partial charge in [-0.25, -0.2) is 13.2 Å². The van der Waals surface area contributed by atoms with Crippen molar-refractivity contribution in [2.24, 2.45) is 0 Å². The molecule has 0 radical (unpaired) electrons. The third-order valence-corrected chi connectivity index (χ3v) is 4.28. The Hall–Kier alpha value is -2.50. The van der Waals surface area contributed by atoms with Gasteiger partial charge in [-0.05, 0) is 41.3 Å². The Morgan fingerprint density at radius 2 is 1.46 bits per heavy atom. The smallest absolute Gasteiger partial charge is 0.242 e. The van der Waals surface area contributed by atoms with Gasteiger partial charge in [0.05, 0.1) is 0 Å². The van der Waals surface area contributed by atoms with E-state index in [9.17, 15) is 26.3 Å². The summed E-state index contributed by atoms with van der Waals surface area (Å²) < 4.78 is 80.0. The van der Waals surface area contributed by atoms with Crippen LogP contribution in [0.2, 0.25) is 0 Å². The lowest BCUT2D eigenvalue weighted by molar-refractivity contribution is -0.142. The highest BCUT2D eigenvalue weighted by Crippen LogP contribution is 2.38. The van der Waals surface area contributed by atoms with Crippen molar-refractivity contribution in [1.82, 2.24) is 0 Å². The third-order valence-electron chi connectivity index (χ3n) is 4.28. The first-order valence-electron chi connectivity index (χ1n) is 7.85. The van der Waals surface area contributed by atoms with E-state index in [1.165, 1.54) is 6.08 Å². The Bertz CT molecular complexity index is 865. The zero-order valence-corrected chi connectivity index (χ0v) is 13.7. The van der Waals surface area contributed by atoms with E-state index in [0.717, 1.165) is 11.1 Å². The zero-order chi connectivity index (χ0) is 19.1. The first kappa shape index (κ1) is 18.3. The van der Waals surface area contributed by atoms with Crippen LogP contribution in [0.15, 0.2) is 48.6 Å². The van der Waals surface area contributed by atoms with Gasteiger partial charge in [-0.2, -0.15) is 13.2 Å². The fraction of sp³-hybridized carbons (Fsp3) is 0.200. The molecule has 136 valence electrons. The van der Waals surface area contributed by atoms with Crippen molar-refractivity contribution in [3.05, 3.63) is 82.4 Å². The minimum absolute atomic E-state index is 0.0286. The summed E-state index contributed by atoms with van der Waals surface area (Å²) in [6.45, 7) is 1.92. The van der Waals surface area contributed by atoms with Gasteiger partial charge in [-0.15, -0.1) is 0 Å². The maximum atomic E-state index is 14.6. The van der Waals surface area contributed by atoms with Crippen molar-refractivity contribution in [1.29, 1.82) is 0 Å². The van der Waals surface area contributed by atoms with E-state index in [2.05, 4.69) is 0 Å². The Morgan fingerprint density at radius 1 is 0.885 bits per heavy atom. The van der Waals surface area contributed by atoms with Crippen LogP contribution in [0, 0.1) is 18.6 Å². The van der Waals surface area contributed by atoms with E-state index in [0.29, 0.717) is 17.7 Å². The fourth-order valence-electron chi connectivity index (χ4n) is 2.94. The molecule has 0 amide bonds. The standard InChI is InChI=1S/C20H14F6/c1-11-2-4-12(5-3-11)13-6-7-15(16(21)8-13)14-9-17(22)19(18(23)10-14)20(24,25)26/h2-7,9-10,16H,8H2,1H3. The molecule has 26 heavy (non-hydrogen) atoms. The Kier molecular flexibility index (Phi) is 4.69. The molecule has 1 aliphatic rings. The predicted octanol–water partition coefficient (Wildman–Crippen LogP) is 6.50. The molecule has 0 N–H and O–H groups in total. The second-order valence-electron chi connectivity index (χ2n) is 6.16. The van der Waals surface area contributed by atoms with Gasteiger partial charge < -0.3 is 0 Å². The first-order chi connectivity index (χ1) is 12.2. The lowest BCUT2D eigenvalue weighted by atomic mass is 9.88. The van der Waals surface area contributed by atoms with Gasteiger partial charge in [0, 0.05) is 6.42 Å². The van der Waals surface area contributed by atoms with Crippen LogP contribution in [0.1, 0.15) is 28.7 Å². The van der Waals surface area contributed by atoms with Crippen LogP contribution in [0.4, 0.5) is 26.3 Å². The highest BCUT2D eigenvalue weighted by molar-refractivity contribution is 5.80. The predicted molar refractivity (Wildman–Crippen MR) is 88.0 cm³/mol. The van der Waals surface area contributed by atoms with Gasteiger partial charge in [0.2, 0.25) is 0 Å². The van der Waals surface area contributed by atoms with E-state index in [4.69, 9.17) is 0 Å². The molecule has 0 saturated carbocycles. The average molecular weight is 368 g/mol. The molecule has 6 heteroatoms. The summed E-state index contributed by atoms with van der Waals surface area (Å²) in [5.74, 6) is -3.51. The molecule has 3 rings (SSSR count). The van der Waals surface area contributed by atoms with Crippen molar-refractivity contribution in [3.63, 3.8) is 0 Å². The second kappa shape index (κ2) is 6.67. The molecule has 1 unspecified atom stereocenters. The second-order valence-corrected chi connectivity index (χ2v) is 6.16. The van der Waals surface area contributed by atoms with Gasteiger partial charge in [0.25, 0.3) is 0 Å². The van der Waals surface area contributed by atoms with Crippen LogP contribution < -0.4 is 0 Å². The summed E-state index contributed by atoms with van der Waals surface area (Å²) in [5.41, 5.74) is 0.317. The number of aryl methyl sites for hydroxylation is 1. The maximum absolute atomic E-state index is 14.6. The van der Waals surface area contributed by atoms with Crippen molar-refractivity contribution in [2.75, 3.05) is 0 Å². The Labute approximate surface area is 146 Å². The summed E-state index contributed by atoms with van der Waals surface area (Å²) in [6, 6.07) is 8.48. The maximum Gasteiger partial charge on any atom is 0.422 e. The third kappa shape index (κ3) is 3.54. The minimum atomic E-state index is -5.15. The van der Waals surface area contributed by atoms with E-state index in [-0.39, 0.29) is 17.6 Å². The van der Waals surface area contributed by atoms with Gasteiger partial charge >= 0.3 is 6.18 Å². The van der Waals surface area contributed by atoms with E-state index in [1.54, 1.807) is 6.08 Å². The van der Waals surface area contributed by atoms with Crippen LogP contribution in [-0.2, 0) is 6.18 Å². The quantitative estimate of drug-likeness (QED) is 0.531. The van der Waals surface area contributed by atoms with Gasteiger partial charge in [0.15, 0.2) is 0 Å². The SMILES string of the molecule is Cc1ccc(C2=CC=C(c3cc(F)c(C(F)(F)F)c(F)c3)C(F)C2)cc1. The Balaban J connectivity index is 1.98. The van der Waals surface area contributed by atoms with Crippen molar-refractivity contribution in [3.8, 4) is 0 Å². The molecule has 2 aromatic rings. The molecule has 0 nitrogen and oxygen atoms in total. The van der Waals surface area contributed by atoms with E-state index >= 15 is 0 Å². The summed E-state index contributed by atoms with van der Waals surface area (Å²) in [5, 5.41) is 0. The summed E-state index contributed by atoms with van der Waals surface area (Å²) in [4.78, 5) is 0. The molecular formula is C20H14F6. The number of halogens is 6. The Morgan fingerprint density at radius 3 is 1.96 bits per heavy atom. The van der Waals surface area contributed by atoms with Crippen molar-refractivity contribution < 1.29 is 26.3 Å². The van der Waals surface area contributed by atoms with Gasteiger partial charge in [-0.3, -0.25) is 0 Å². The lowest BCUT2D eigenvalue weighted by Crippen LogP contribution is -2.14. The number of hydrogen-bond donors (Lipinski definition) is 0.